The Kier molecular flexibility index (Phi) is 7.18. The Morgan fingerprint density at radius 2 is 1.63 bits per heavy atom. The summed E-state index contributed by atoms with van der Waals surface area (Å²) in [7, 11) is 0. The first-order chi connectivity index (χ1) is 18.4. The van der Waals surface area contributed by atoms with Gasteiger partial charge in [-0.05, 0) is 76.1 Å². The number of thioether (sulfide) groups is 1. The Balaban J connectivity index is 1.39. The number of imide groups is 1. The second kappa shape index (κ2) is 10.7. The molecule has 1 fully saturated rings. The third-order valence-corrected chi connectivity index (χ3v) is 7.25. The van der Waals surface area contributed by atoms with Crippen LogP contribution in [-0.2, 0) is 14.3 Å². The third kappa shape index (κ3) is 5.01. The number of esters is 1. The van der Waals surface area contributed by atoms with Gasteiger partial charge in [0.05, 0.1) is 22.1 Å². The summed E-state index contributed by atoms with van der Waals surface area (Å²) in [6, 6.07) is 22.1. The number of nitrogens with one attached hydrogen (secondary N) is 1. The second-order valence-electron chi connectivity index (χ2n) is 8.46. The molecule has 0 bridgehead atoms. The van der Waals surface area contributed by atoms with E-state index < -0.39 is 29.6 Å². The summed E-state index contributed by atoms with van der Waals surface area (Å²) in [6.45, 7) is 1.37. The standard InChI is InChI=1S/C29H21ClN2O5S/c1-2-37-28(35)23-14-19(11-12-24(23)30)31-26(33)16-32-27(34)25(38-29(32)36)15-22-20-9-5-3-7-17(20)13-18-8-4-6-10-21(18)22/h3-15H,2,16H2,1H3,(H,31,33)/b25-15+. The minimum Gasteiger partial charge on any atom is -0.462 e. The molecule has 1 aliphatic rings. The van der Waals surface area contributed by atoms with Crippen molar-refractivity contribution in [1.82, 2.24) is 4.90 Å². The number of hydrogen-bond acceptors (Lipinski definition) is 6. The second-order valence-corrected chi connectivity index (χ2v) is 9.86. The van der Waals surface area contributed by atoms with E-state index in [9.17, 15) is 19.2 Å². The maximum Gasteiger partial charge on any atom is 0.339 e. The third-order valence-electron chi connectivity index (χ3n) is 6.01. The van der Waals surface area contributed by atoms with Gasteiger partial charge in [0.15, 0.2) is 0 Å². The van der Waals surface area contributed by atoms with Crippen molar-refractivity contribution < 1.29 is 23.9 Å². The summed E-state index contributed by atoms with van der Waals surface area (Å²) in [5.41, 5.74) is 1.22. The number of nitrogens with zero attached hydrogens (tertiary/aromatic N) is 1. The van der Waals surface area contributed by atoms with Crippen LogP contribution in [0.3, 0.4) is 0 Å². The van der Waals surface area contributed by atoms with Gasteiger partial charge in [-0.2, -0.15) is 0 Å². The zero-order valence-corrected chi connectivity index (χ0v) is 21.8. The van der Waals surface area contributed by atoms with Crippen LogP contribution in [0.25, 0.3) is 27.6 Å². The van der Waals surface area contributed by atoms with Gasteiger partial charge in [-0.15, -0.1) is 0 Å². The van der Waals surface area contributed by atoms with E-state index in [2.05, 4.69) is 11.4 Å². The van der Waals surface area contributed by atoms with Crippen molar-refractivity contribution >= 4 is 79.7 Å². The molecule has 0 saturated carbocycles. The molecule has 1 heterocycles. The summed E-state index contributed by atoms with van der Waals surface area (Å²) in [4.78, 5) is 51.9. The zero-order valence-electron chi connectivity index (χ0n) is 20.2. The summed E-state index contributed by atoms with van der Waals surface area (Å²) < 4.78 is 4.98. The van der Waals surface area contributed by atoms with Gasteiger partial charge >= 0.3 is 5.97 Å². The Morgan fingerprint density at radius 3 is 2.29 bits per heavy atom. The van der Waals surface area contributed by atoms with Gasteiger partial charge < -0.3 is 10.1 Å². The molecule has 0 spiro atoms. The summed E-state index contributed by atoms with van der Waals surface area (Å²) in [5, 5.41) is 6.19. The van der Waals surface area contributed by atoms with E-state index in [0.717, 1.165) is 43.8 Å². The molecule has 0 unspecified atom stereocenters. The molecule has 4 aromatic carbocycles. The average molecular weight is 545 g/mol. The van der Waals surface area contributed by atoms with E-state index in [1.165, 1.54) is 18.2 Å². The van der Waals surface area contributed by atoms with Crippen molar-refractivity contribution in [2.75, 3.05) is 18.5 Å². The smallest absolute Gasteiger partial charge is 0.339 e. The number of benzene rings is 4. The highest BCUT2D eigenvalue weighted by atomic mass is 35.5. The van der Waals surface area contributed by atoms with E-state index in [1.54, 1.807) is 13.0 Å². The van der Waals surface area contributed by atoms with Crippen LogP contribution in [0, 0.1) is 0 Å². The van der Waals surface area contributed by atoms with Crippen molar-refractivity contribution in [3.05, 3.63) is 93.9 Å². The first-order valence-electron chi connectivity index (χ1n) is 11.8. The number of carbonyl (C=O) groups is 4. The van der Waals surface area contributed by atoms with Crippen molar-refractivity contribution in [3.8, 4) is 0 Å². The molecule has 5 rings (SSSR count). The van der Waals surface area contributed by atoms with Crippen LogP contribution in [-0.4, -0.2) is 41.1 Å². The number of hydrogen-bond donors (Lipinski definition) is 1. The first-order valence-corrected chi connectivity index (χ1v) is 13.0. The molecule has 4 aromatic rings. The van der Waals surface area contributed by atoms with Gasteiger partial charge in [0, 0.05) is 5.69 Å². The Bertz CT molecular complexity index is 1610. The fraction of sp³-hybridized carbons (Fsp3) is 0.103. The van der Waals surface area contributed by atoms with Crippen molar-refractivity contribution in [3.63, 3.8) is 0 Å². The van der Waals surface area contributed by atoms with Crippen LogP contribution in [0.15, 0.2) is 77.7 Å². The first kappa shape index (κ1) is 25.5. The Hall–Kier alpha value is -4.14. The molecule has 0 aliphatic carbocycles. The lowest BCUT2D eigenvalue weighted by atomic mass is 9.96. The molecule has 0 radical (unpaired) electrons. The SMILES string of the molecule is CCOC(=O)c1cc(NC(=O)CN2C(=O)S/C(=C/c3c4ccccc4cc4ccccc34)C2=O)ccc1Cl. The summed E-state index contributed by atoms with van der Waals surface area (Å²) in [5.74, 6) is -1.76. The quantitative estimate of drug-likeness (QED) is 0.169. The van der Waals surface area contributed by atoms with Crippen LogP contribution in [0.5, 0.6) is 0 Å². The minimum absolute atomic E-state index is 0.0998. The van der Waals surface area contributed by atoms with Gasteiger partial charge in [-0.3, -0.25) is 19.3 Å². The highest BCUT2D eigenvalue weighted by molar-refractivity contribution is 8.18. The largest absolute Gasteiger partial charge is 0.462 e. The van der Waals surface area contributed by atoms with Crippen LogP contribution >= 0.6 is 23.4 Å². The lowest BCUT2D eigenvalue weighted by Crippen LogP contribution is -2.36. The number of ether oxygens (including phenoxy) is 1. The molecule has 1 saturated heterocycles. The van der Waals surface area contributed by atoms with Gasteiger partial charge in [0.25, 0.3) is 11.1 Å². The van der Waals surface area contributed by atoms with Crippen molar-refractivity contribution in [2.24, 2.45) is 0 Å². The summed E-state index contributed by atoms with van der Waals surface area (Å²) >= 11 is 6.87. The number of carbonyl (C=O) groups excluding carboxylic acids is 4. The van der Waals surface area contributed by atoms with Crippen LogP contribution in [0.4, 0.5) is 10.5 Å². The zero-order chi connectivity index (χ0) is 26.8. The molecule has 7 nitrogen and oxygen atoms in total. The van der Waals surface area contributed by atoms with Gasteiger partial charge in [0.2, 0.25) is 5.91 Å². The van der Waals surface area contributed by atoms with Gasteiger partial charge in [-0.25, -0.2) is 4.79 Å². The van der Waals surface area contributed by atoms with Crippen LogP contribution in [0.1, 0.15) is 22.8 Å². The molecule has 190 valence electrons. The lowest BCUT2D eigenvalue weighted by Gasteiger charge is -2.13. The van der Waals surface area contributed by atoms with E-state index in [1.807, 2.05) is 48.5 Å². The predicted molar refractivity (Wildman–Crippen MR) is 150 cm³/mol. The minimum atomic E-state index is -0.620. The molecule has 0 aromatic heterocycles. The predicted octanol–water partition coefficient (Wildman–Crippen LogP) is 6.50. The molecular formula is C29H21ClN2O5S. The number of anilines is 1. The number of amides is 3. The fourth-order valence-corrected chi connectivity index (χ4v) is 5.30. The van der Waals surface area contributed by atoms with Crippen LogP contribution in [0.2, 0.25) is 5.02 Å². The highest BCUT2D eigenvalue weighted by Crippen LogP contribution is 2.36. The van der Waals surface area contributed by atoms with Gasteiger partial charge in [0.1, 0.15) is 6.54 Å². The van der Waals surface area contributed by atoms with Crippen molar-refractivity contribution in [2.45, 2.75) is 6.92 Å². The molecule has 9 heteroatoms. The van der Waals surface area contributed by atoms with Crippen molar-refractivity contribution in [1.29, 1.82) is 0 Å². The van der Waals surface area contributed by atoms with E-state index in [4.69, 9.17) is 16.3 Å². The van der Waals surface area contributed by atoms with Crippen LogP contribution < -0.4 is 5.32 Å². The fourth-order valence-electron chi connectivity index (χ4n) is 4.28. The Labute approximate surface area is 227 Å². The number of halogens is 1. The topological polar surface area (TPSA) is 92.8 Å². The molecular weight excluding hydrogens is 524 g/mol. The van der Waals surface area contributed by atoms with E-state index in [-0.39, 0.29) is 27.8 Å². The maximum atomic E-state index is 13.2. The Morgan fingerprint density at radius 1 is 0.974 bits per heavy atom. The maximum absolute atomic E-state index is 13.2. The highest BCUT2D eigenvalue weighted by Gasteiger charge is 2.36. The number of rotatable bonds is 6. The van der Waals surface area contributed by atoms with Gasteiger partial charge in [-0.1, -0.05) is 60.1 Å². The normalized spacial score (nSPS) is 14.5. The molecule has 38 heavy (non-hydrogen) atoms. The molecule has 1 aliphatic heterocycles. The monoisotopic (exact) mass is 544 g/mol. The average Bonchev–Trinajstić information content (AvgIpc) is 3.17. The summed E-state index contributed by atoms with van der Waals surface area (Å²) in [6.07, 6.45) is 1.72. The molecule has 1 N–H and O–H groups in total. The lowest BCUT2D eigenvalue weighted by molar-refractivity contribution is -0.127. The number of fused-ring (bicyclic) bond motifs is 2. The molecule has 3 amide bonds. The molecule has 0 atom stereocenters. The van der Waals surface area contributed by atoms with E-state index >= 15 is 0 Å². The van der Waals surface area contributed by atoms with E-state index in [0.29, 0.717) is 0 Å².